The van der Waals surface area contributed by atoms with Gasteiger partial charge in [-0.05, 0) is 93.0 Å². The van der Waals surface area contributed by atoms with Gasteiger partial charge in [0.2, 0.25) is 0 Å². The summed E-state index contributed by atoms with van der Waals surface area (Å²) < 4.78 is 0. The van der Waals surface area contributed by atoms with Crippen LogP contribution in [0.1, 0.15) is 71.6 Å². The van der Waals surface area contributed by atoms with E-state index in [0.717, 1.165) is 44.9 Å². The van der Waals surface area contributed by atoms with Crippen LogP contribution in [-0.4, -0.2) is 40.0 Å². The van der Waals surface area contributed by atoms with Crippen molar-refractivity contribution >= 4 is 0 Å². The Morgan fingerprint density at radius 1 is 0.963 bits per heavy atom. The molecular formula is C23H38N2O2. The van der Waals surface area contributed by atoms with Gasteiger partial charge in [0, 0.05) is 18.7 Å². The van der Waals surface area contributed by atoms with Crippen molar-refractivity contribution in [2.75, 3.05) is 7.05 Å². The van der Waals surface area contributed by atoms with Gasteiger partial charge < -0.3 is 15.6 Å². The summed E-state index contributed by atoms with van der Waals surface area (Å²) in [6, 6.07) is 0.400. The minimum absolute atomic E-state index is 0.0147. The predicted molar refractivity (Wildman–Crippen MR) is 107 cm³/mol. The highest BCUT2D eigenvalue weighted by Gasteiger charge is 2.68. The molecular weight excluding hydrogens is 336 g/mol. The third-order valence-corrected chi connectivity index (χ3v) is 10.3. The second kappa shape index (κ2) is 5.96. The molecule has 4 aliphatic carbocycles. The maximum absolute atomic E-state index is 12.2. The smallest absolute Gasteiger partial charge is 0.0735 e. The highest BCUT2D eigenvalue weighted by molar-refractivity contribution is 5.20. The second-order valence-electron chi connectivity index (χ2n) is 11.0. The summed E-state index contributed by atoms with van der Waals surface area (Å²) in [5, 5.41) is 24.7. The number of hydrogen-bond acceptors (Lipinski definition) is 4. The number of hydrazine groups is 1. The Morgan fingerprint density at radius 3 is 2.48 bits per heavy atom. The topological polar surface area (TPSA) is 55.7 Å². The summed E-state index contributed by atoms with van der Waals surface area (Å²) in [6.07, 6.45) is 14.2. The molecule has 0 spiro atoms. The predicted octanol–water partition coefficient (Wildman–Crippen LogP) is 3.45. The van der Waals surface area contributed by atoms with E-state index in [1.807, 2.05) is 0 Å². The lowest BCUT2D eigenvalue weighted by atomic mass is 9.43. The molecule has 1 heterocycles. The average molecular weight is 375 g/mol. The summed E-state index contributed by atoms with van der Waals surface area (Å²) in [7, 11) is 2.14. The molecule has 4 heteroatoms. The van der Waals surface area contributed by atoms with Crippen molar-refractivity contribution in [3.63, 3.8) is 0 Å². The maximum Gasteiger partial charge on any atom is 0.0735 e. The first kappa shape index (κ1) is 18.4. The zero-order valence-corrected chi connectivity index (χ0v) is 17.3. The first-order chi connectivity index (χ1) is 12.8. The molecule has 0 aromatic rings. The molecule has 0 aromatic carbocycles. The van der Waals surface area contributed by atoms with E-state index in [-0.39, 0.29) is 11.5 Å². The van der Waals surface area contributed by atoms with Crippen LogP contribution in [0, 0.1) is 34.5 Å². The van der Waals surface area contributed by atoms with Gasteiger partial charge in [-0.25, -0.2) is 5.01 Å². The number of nitrogens with one attached hydrogen (secondary N) is 1. The zero-order chi connectivity index (χ0) is 19.0. The Hall–Kier alpha value is -0.580. The van der Waals surface area contributed by atoms with Crippen LogP contribution in [0.2, 0.25) is 0 Å². The van der Waals surface area contributed by atoms with Gasteiger partial charge >= 0.3 is 0 Å². The average Bonchev–Trinajstić information content (AvgIpc) is 3.16. The van der Waals surface area contributed by atoms with Gasteiger partial charge in [-0.2, -0.15) is 0 Å². The van der Waals surface area contributed by atoms with Gasteiger partial charge in [-0.15, -0.1) is 0 Å². The molecule has 0 amide bonds. The van der Waals surface area contributed by atoms with E-state index in [2.05, 4.69) is 43.6 Å². The third kappa shape index (κ3) is 2.33. The van der Waals surface area contributed by atoms with Gasteiger partial charge in [-0.3, -0.25) is 0 Å². The fourth-order valence-corrected chi connectivity index (χ4v) is 8.67. The van der Waals surface area contributed by atoms with Crippen LogP contribution < -0.4 is 5.43 Å². The SMILES string of the molecule is CN1NC=CC1[C@H]1CC[C@]2(O)C3CC[C@@H]4C[C@@H](O)CC[C@]4(C)C3CC[C@]12C. The number of aliphatic hydroxyl groups is 2. The molecule has 4 fully saturated rings. The highest BCUT2D eigenvalue weighted by Crippen LogP contribution is 2.69. The summed E-state index contributed by atoms with van der Waals surface area (Å²) in [5.74, 6) is 2.26. The van der Waals surface area contributed by atoms with Gasteiger partial charge in [0.1, 0.15) is 0 Å². The Bertz CT molecular complexity index is 638. The molecule has 1 aliphatic heterocycles. The van der Waals surface area contributed by atoms with E-state index in [1.165, 1.54) is 12.8 Å². The van der Waals surface area contributed by atoms with Gasteiger partial charge in [-0.1, -0.05) is 13.8 Å². The van der Waals surface area contributed by atoms with E-state index in [9.17, 15) is 10.2 Å². The van der Waals surface area contributed by atoms with Crippen molar-refractivity contribution in [3.8, 4) is 0 Å². The third-order valence-electron chi connectivity index (χ3n) is 10.3. The van der Waals surface area contributed by atoms with Crippen molar-refractivity contribution in [2.45, 2.75) is 89.4 Å². The summed E-state index contributed by atoms with van der Waals surface area (Å²) >= 11 is 0. The monoisotopic (exact) mass is 374 g/mol. The number of aliphatic hydroxyl groups excluding tert-OH is 1. The Kier molecular flexibility index (Phi) is 4.07. The standard InChI is InChI=1S/C23H38N2O2/c1-21-10-6-16(26)14-15(21)4-5-18-17(21)7-11-22(2)19(8-12-23(18,22)27)20-9-13-24-25(20)3/h9,13,15-20,24,26-27H,4-8,10-12,14H2,1-3H3/t15-,16+,17?,18?,19-,20?,21+,22-,23+/m1/s1. The van der Waals surface area contributed by atoms with Crippen molar-refractivity contribution in [1.82, 2.24) is 10.4 Å². The molecule has 3 unspecified atom stereocenters. The zero-order valence-electron chi connectivity index (χ0n) is 17.3. The van der Waals surface area contributed by atoms with Crippen LogP contribution >= 0.6 is 0 Å². The number of rotatable bonds is 1. The molecule has 3 N–H and O–H groups in total. The van der Waals surface area contributed by atoms with Crippen LogP contribution in [0.4, 0.5) is 0 Å². The van der Waals surface area contributed by atoms with Gasteiger partial charge in [0.05, 0.1) is 17.7 Å². The van der Waals surface area contributed by atoms with Crippen molar-refractivity contribution in [2.24, 2.45) is 34.5 Å². The Morgan fingerprint density at radius 2 is 1.74 bits per heavy atom. The fourth-order valence-electron chi connectivity index (χ4n) is 8.67. The van der Waals surface area contributed by atoms with E-state index >= 15 is 0 Å². The van der Waals surface area contributed by atoms with E-state index in [4.69, 9.17) is 0 Å². The number of hydrogen-bond donors (Lipinski definition) is 3. The Balaban J connectivity index is 1.46. The Labute approximate surface area is 164 Å². The number of nitrogens with zero attached hydrogens (tertiary/aromatic N) is 1. The van der Waals surface area contributed by atoms with E-state index in [1.54, 1.807) is 0 Å². The quantitative estimate of drug-likeness (QED) is 0.658. The molecule has 4 nitrogen and oxygen atoms in total. The van der Waals surface area contributed by atoms with Crippen molar-refractivity contribution < 1.29 is 10.2 Å². The molecule has 4 saturated carbocycles. The lowest BCUT2D eigenvalue weighted by molar-refractivity contribution is -0.212. The normalized spacial score (nSPS) is 57.7. The molecule has 0 radical (unpaired) electrons. The molecule has 5 aliphatic rings. The summed E-state index contributed by atoms with van der Waals surface area (Å²) in [6.45, 7) is 4.90. The molecule has 27 heavy (non-hydrogen) atoms. The lowest BCUT2D eigenvalue weighted by Crippen LogP contribution is -2.63. The molecule has 0 bridgehead atoms. The lowest BCUT2D eigenvalue weighted by Gasteiger charge is -2.64. The molecule has 0 saturated heterocycles. The minimum Gasteiger partial charge on any atom is -0.393 e. The van der Waals surface area contributed by atoms with Crippen LogP contribution in [-0.2, 0) is 0 Å². The van der Waals surface area contributed by atoms with Crippen LogP contribution in [0.25, 0.3) is 0 Å². The number of likely N-dealkylation sites (N-methyl/N-ethyl adjacent to an activating group) is 1. The first-order valence-corrected chi connectivity index (χ1v) is 11.4. The molecule has 0 aromatic heterocycles. The van der Waals surface area contributed by atoms with Crippen LogP contribution in [0.3, 0.4) is 0 Å². The second-order valence-corrected chi connectivity index (χ2v) is 11.0. The van der Waals surface area contributed by atoms with Crippen molar-refractivity contribution in [1.29, 1.82) is 0 Å². The molecule has 152 valence electrons. The van der Waals surface area contributed by atoms with Gasteiger partial charge in [0.15, 0.2) is 0 Å². The molecule has 5 rings (SSSR count). The molecule has 9 atom stereocenters. The van der Waals surface area contributed by atoms with Crippen LogP contribution in [0.15, 0.2) is 12.3 Å². The van der Waals surface area contributed by atoms with Crippen LogP contribution in [0.5, 0.6) is 0 Å². The largest absolute Gasteiger partial charge is 0.393 e. The summed E-state index contributed by atoms with van der Waals surface area (Å²) in [5.41, 5.74) is 3.15. The number of fused-ring (bicyclic) bond motifs is 5. The van der Waals surface area contributed by atoms with Gasteiger partial charge in [0.25, 0.3) is 0 Å². The van der Waals surface area contributed by atoms with E-state index < -0.39 is 5.60 Å². The fraction of sp³-hybridized carbons (Fsp3) is 0.913. The summed E-state index contributed by atoms with van der Waals surface area (Å²) in [4.78, 5) is 0. The minimum atomic E-state index is -0.512. The maximum atomic E-state index is 12.2. The van der Waals surface area contributed by atoms with E-state index in [0.29, 0.717) is 35.1 Å². The first-order valence-electron chi connectivity index (χ1n) is 11.4. The highest BCUT2D eigenvalue weighted by atomic mass is 16.3. The van der Waals surface area contributed by atoms with Crippen molar-refractivity contribution in [3.05, 3.63) is 12.3 Å².